The van der Waals surface area contributed by atoms with Crippen LogP contribution >= 0.6 is 11.8 Å². The van der Waals surface area contributed by atoms with Crippen molar-refractivity contribution in [2.45, 2.75) is 9.79 Å². The molecule has 2 heteroatoms. The van der Waals surface area contributed by atoms with Crippen molar-refractivity contribution in [2.75, 3.05) is 0 Å². The summed E-state index contributed by atoms with van der Waals surface area (Å²) in [5.74, 6) is 0.297. The highest BCUT2D eigenvalue weighted by Crippen LogP contribution is 2.37. The third kappa shape index (κ3) is 2.28. The zero-order valence-corrected chi connectivity index (χ0v) is 9.58. The Kier molecular flexibility index (Phi) is 3.32. The van der Waals surface area contributed by atoms with Gasteiger partial charge in [-0.1, -0.05) is 54.7 Å². The van der Waals surface area contributed by atoms with Crippen LogP contribution in [0, 0.1) is 0 Å². The molecule has 0 saturated carbocycles. The molecular formula is C14H12OS. The summed E-state index contributed by atoms with van der Waals surface area (Å²) in [4.78, 5) is 1.95. The Bertz CT molecular complexity index is 491. The highest BCUT2D eigenvalue weighted by Gasteiger charge is 2.06. The summed E-state index contributed by atoms with van der Waals surface area (Å²) in [6.07, 6.45) is 1.75. The van der Waals surface area contributed by atoms with Crippen LogP contribution in [0.4, 0.5) is 0 Å². The topological polar surface area (TPSA) is 20.2 Å². The molecule has 0 bridgehead atoms. The number of phenolic OH excluding ortho intramolecular Hbond substituents is 1. The average Bonchev–Trinajstić information content (AvgIpc) is 2.33. The van der Waals surface area contributed by atoms with Gasteiger partial charge in [-0.25, -0.2) is 0 Å². The first-order valence-electron chi connectivity index (χ1n) is 4.98. The van der Waals surface area contributed by atoms with Gasteiger partial charge in [-0.2, -0.15) is 0 Å². The lowest BCUT2D eigenvalue weighted by atomic mass is 10.2. The highest BCUT2D eigenvalue weighted by molar-refractivity contribution is 7.99. The third-order valence-corrected chi connectivity index (χ3v) is 3.36. The predicted octanol–water partition coefficient (Wildman–Crippen LogP) is 4.19. The second-order valence-electron chi connectivity index (χ2n) is 3.31. The summed E-state index contributed by atoms with van der Waals surface area (Å²) in [7, 11) is 0. The van der Waals surface area contributed by atoms with Crippen LogP contribution < -0.4 is 0 Å². The van der Waals surface area contributed by atoms with E-state index in [1.54, 1.807) is 23.9 Å². The van der Waals surface area contributed by atoms with Crippen LogP contribution in [-0.2, 0) is 0 Å². The van der Waals surface area contributed by atoms with Gasteiger partial charge in [0.05, 0.1) is 4.90 Å². The Balaban J connectivity index is 2.38. The minimum Gasteiger partial charge on any atom is -0.507 e. The number of phenols is 1. The van der Waals surface area contributed by atoms with Crippen LogP contribution in [0.3, 0.4) is 0 Å². The monoisotopic (exact) mass is 228 g/mol. The summed E-state index contributed by atoms with van der Waals surface area (Å²) >= 11 is 1.54. The van der Waals surface area contributed by atoms with Crippen LogP contribution in [0.15, 0.2) is 64.9 Å². The first-order chi connectivity index (χ1) is 7.81. The molecule has 80 valence electrons. The SMILES string of the molecule is C=Cc1cccc(O)c1Sc1ccccc1. The zero-order chi connectivity index (χ0) is 11.4. The minimum absolute atomic E-state index is 0.297. The lowest BCUT2D eigenvalue weighted by molar-refractivity contribution is 0.462. The molecule has 0 fully saturated rings. The molecule has 0 aliphatic heterocycles. The number of aromatic hydroxyl groups is 1. The van der Waals surface area contributed by atoms with Crippen LogP contribution in [-0.4, -0.2) is 5.11 Å². The summed E-state index contributed by atoms with van der Waals surface area (Å²) in [6, 6.07) is 15.4. The van der Waals surface area contributed by atoms with Gasteiger partial charge in [0.15, 0.2) is 0 Å². The number of hydrogen-bond acceptors (Lipinski definition) is 2. The van der Waals surface area contributed by atoms with Gasteiger partial charge < -0.3 is 5.11 Å². The van der Waals surface area contributed by atoms with Gasteiger partial charge in [0.2, 0.25) is 0 Å². The molecule has 0 aliphatic rings. The van der Waals surface area contributed by atoms with Crippen molar-refractivity contribution in [1.29, 1.82) is 0 Å². The smallest absolute Gasteiger partial charge is 0.130 e. The van der Waals surface area contributed by atoms with Gasteiger partial charge in [0.1, 0.15) is 5.75 Å². The first kappa shape index (κ1) is 10.8. The van der Waals surface area contributed by atoms with Gasteiger partial charge in [-0.3, -0.25) is 0 Å². The van der Waals surface area contributed by atoms with E-state index in [0.717, 1.165) is 15.4 Å². The fourth-order valence-electron chi connectivity index (χ4n) is 1.42. The normalized spacial score (nSPS) is 10.0. The summed E-state index contributed by atoms with van der Waals surface area (Å²) in [5.41, 5.74) is 0.953. The predicted molar refractivity (Wildman–Crippen MR) is 68.8 cm³/mol. The molecule has 0 amide bonds. The van der Waals surface area contributed by atoms with Crippen molar-refractivity contribution in [1.82, 2.24) is 0 Å². The van der Waals surface area contributed by atoms with E-state index in [1.807, 2.05) is 42.5 Å². The van der Waals surface area contributed by atoms with Crippen molar-refractivity contribution >= 4 is 17.8 Å². The van der Waals surface area contributed by atoms with E-state index in [0.29, 0.717) is 5.75 Å². The first-order valence-corrected chi connectivity index (χ1v) is 5.80. The molecular weight excluding hydrogens is 216 g/mol. The van der Waals surface area contributed by atoms with E-state index in [-0.39, 0.29) is 0 Å². The Hall–Kier alpha value is -1.67. The highest BCUT2D eigenvalue weighted by atomic mass is 32.2. The molecule has 16 heavy (non-hydrogen) atoms. The molecule has 2 aromatic rings. The van der Waals surface area contributed by atoms with Crippen LogP contribution in [0.5, 0.6) is 5.75 Å². The molecule has 0 unspecified atom stereocenters. The third-order valence-electron chi connectivity index (χ3n) is 2.21. The zero-order valence-electron chi connectivity index (χ0n) is 8.76. The standard InChI is InChI=1S/C14H12OS/c1-2-11-7-6-10-13(15)14(11)16-12-8-4-3-5-9-12/h2-10,15H,1H2. The van der Waals surface area contributed by atoms with Crippen molar-refractivity contribution in [2.24, 2.45) is 0 Å². The Morgan fingerprint density at radius 1 is 1.00 bits per heavy atom. The van der Waals surface area contributed by atoms with Crippen LogP contribution in [0.1, 0.15) is 5.56 Å². The molecule has 0 atom stereocenters. The Morgan fingerprint density at radius 2 is 1.75 bits per heavy atom. The van der Waals surface area contributed by atoms with Gasteiger partial charge in [0, 0.05) is 4.90 Å². The second kappa shape index (κ2) is 4.90. The van der Waals surface area contributed by atoms with E-state index in [4.69, 9.17) is 0 Å². The van der Waals surface area contributed by atoms with E-state index in [9.17, 15) is 5.11 Å². The fraction of sp³-hybridized carbons (Fsp3) is 0. The summed E-state index contributed by atoms with van der Waals surface area (Å²) in [5, 5.41) is 9.82. The van der Waals surface area contributed by atoms with Crippen LogP contribution in [0.25, 0.3) is 6.08 Å². The summed E-state index contributed by atoms with van der Waals surface area (Å²) < 4.78 is 0. The number of rotatable bonds is 3. The molecule has 0 heterocycles. The van der Waals surface area contributed by atoms with E-state index >= 15 is 0 Å². The van der Waals surface area contributed by atoms with Crippen molar-refractivity contribution in [3.05, 3.63) is 60.7 Å². The van der Waals surface area contributed by atoms with Gasteiger partial charge >= 0.3 is 0 Å². The lowest BCUT2D eigenvalue weighted by Gasteiger charge is -2.07. The Morgan fingerprint density at radius 3 is 2.44 bits per heavy atom. The van der Waals surface area contributed by atoms with E-state index in [1.165, 1.54) is 0 Å². The van der Waals surface area contributed by atoms with Gasteiger partial charge in [-0.15, -0.1) is 0 Å². The molecule has 0 spiro atoms. The maximum Gasteiger partial charge on any atom is 0.130 e. The lowest BCUT2D eigenvalue weighted by Crippen LogP contribution is -1.80. The maximum absolute atomic E-state index is 9.82. The molecule has 0 aromatic heterocycles. The average molecular weight is 228 g/mol. The molecule has 2 rings (SSSR count). The second-order valence-corrected chi connectivity index (χ2v) is 4.40. The molecule has 0 aliphatic carbocycles. The molecule has 1 N–H and O–H groups in total. The molecule has 2 aromatic carbocycles. The summed E-state index contributed by atoms with van der Waals surface area (Å²) in [6.45, 7) is 3.75. The van der Waals surface area contributed by atoms with Gasteiger partial charge in [0.25, 0.3) is 0 Å². The fourth-order valence-corrected chi connectivity index (χ4v) is 2.39. The number of hydrogen-bond donors (Lipinski definition) is 1. The number of benzene rings is 2. The minimum atomic E-state index is 0.297. The van der Waals surface area contributed by atoms with Crippen molar-refractivity contribution < 1.29 is 5.11 Å². The maximum atomic E-state index is 9.82. The Labute approximate surface area is 99.4 Å². The van der Waals surface area contributed by atoms with Gasteiger partial charge in [-0.05, 0) is 23.8 Å². The van der Waals surface area contributed by atoms with E-state index < -0.39 is 0 Å². The van der Waals surface area contributed by atoms with E-state index in [2.05, 4.69) is 6.58 Å². The molecule has 0 saturated heterocycles. The van der Waals surface area contributed by atoms with Crippen LogP contribution in [0.2, 0.25) is 0 Å². The largest absolute Gasteiger partial charge is 0.507 e. The quantitative estimate of drug-likeness (QED) is 0.850. The van der Waals surface area contributed by atoms with Crippen molar-refractivity contribution in [3.8, 4) is 5.75 Å². The van der Waals surface area contributed by atoms with Crippen molar-refractivity contribution in [3.63, 3.8) is 0 Å². The molecule has 1 nitrogen and oxygen atoms in total. The molecule has 0 radical (unpaired) electrons.